The predicted octanol–water partition coefficient (Wildman–Crippen LogP) is 3.52. The van der Waals surface area contributed by atoms with E-state index >= 15 is 0 Å². The SMILES string of the molecule is CC(C)=C1CCC(N2CCC(N3C(=O)/C(=C\C(N)=O)c4cc(C#N)ccc43)CC2)CC1. The number of fused-ring (bicyclic) bond motifs is 1. The molecule has 1 saturated heterocycles. The van der Waals surface area contributed by atoms with Crippen LogP contribution in [0.25, 0.3) is 5.57 Å². The number of hydrogen-bond acceptors (Lipinski definition) is 4. The number of piperidine rings is 1. The Bertz CT molecular complexity index is 995. The molecule has 2 N–H and O–H groups in total. The van der Waals surface area contributed by atoms with Crippen LogP contribution in [-0.2, 0) is 9.59 Å². The Morgan fingerprint density at radius 3 is 2.39 bits per heavy atom. The van der Waals surface area contributed by atoms with Crippen LogP contribution in [0.3, 0.4) is 0 Å². The molecule has 3 aliphatic rings. The lowest BCUT2D eigenvalue weighted by Gasteiger charge is -2.42. The van der Waals surface area contributed by atoms with Gasteiger partial charge >= 0.3 is 0 Å². The van der Waals surface area contributed by atoms with Crippen molar-refractivity contribution in [2.24, 2.45) is 5.73 Å². The number of anilines is 1. The molecule has 162 valence electrons. The number of nitriles is 1. The Morgan fingerprint density at radius 1 is 1.13 bits per heavy atom. The van der Waals surface area contributed by atoms with Gasteiger partial charge in [-0.1, -0.05) is 11.1 Å². The first-order chi connectivity index (χ1) is 14.9. The second kappa shape index (κ2) is 8.68. The van der Waals surface area contributed by atoms with Crippen molar-refractivity contribution < 1.29 is 9.59 Å². The molecule has 0 atom stereocenters. The number of allylic oxidation sites excluding steroid dienone is 2. The fourth-order valence-corrected chi connectivity index (χ4v) is 5.36. The molecule has 2 heterocycles. The van der Waals surface area contributed by atoms with E-state index in [1.807, 2.05) is 11.0 Å². The zero-order valence-corrected chi connectivity index (χ0v) is 18.4. The van der Waals surface area contributed by atoms with Crippen LogP contribution in [-0.4, -0.2) is 41.9 Å². The van der Waals surface area contributed by atoms with Crippen LogP contribution < -0.4 is 10.6 Å². The number of primary amides is 1. The lowest BCUT2D eigenvalue weighted by molar-refractivity contribution is -0.115. The van der Waals surface area contributed by atoms with Crippen molar-refractivity contribution in [2.45, 2.75) is 64.5 Å². The van der Waals surface area contributed by atoms with Crippen molar-refractivity contribution in [1.82, 2.24) is 4.90 Å². The topological polar surface area (TPSA) is 90.4 Å². The van der Waals surface area contributed by atoms with Crippen LogP contribution in [0.1, 0.15) is 63.5 Å². The van der Waals surface area contributed by atoms with Crippen molar-refractivity contribution in [3.05, 3.63) is 46.5 Å². The fraction of sp³-hybridized carbons (Fsp3) is 0.480. The first kappa shape index (κ1) is 21.3. The van der Waals surface area contributed by atoms with Gasteiger partial charge in [0.2, 0.25) is 5.91 Å². The van der Waals surface area contributed by atoms with Crippen molar-refractivity contribution in [2.75, 3.05) is 18.0 Å². The van der Waals surface area contributed by atoms with Crippen LogP contribution in [0.4, 0.5) is 5.69 Å². The number of nitrogens with zero attached hydrogens (tertiary/aromatic N) is 3. The molecule has 0 aromatic heterocycles. The Balaban J connectivity index is 1.49. The molecular formula is C25H30N4O2. The number of hydrogen-bond donors (Lipinski definition) is 1. The van der Waals surface area contributed by atoms with E-state index < -0.39 is 5.91 Å². The first-order valence-electron chi connectivity index (χ1n) is 11.2. The minimum absolute atomic E-state index is 0.0890. The summed E-state index contributed by atoms with van der Waals surface area (Å²) in [5.41, 5.74) is 10.6. The highest BCUT2D eigenvalue weighted by Crippen LogP contribution is 2.41. The molecule has 1 aliphatic carbocycles. The summed E-state index contributed by atoms with van der Waals surface area (Å²) in [6.45, 7) is 6.38. The summed E-state index contributed by atoms with van der Waals surface area (Å²) in [6.07, 6.45) is 7.85. The highest BCUT2D eigenvalue weighted by Gasteiger charge is 2.39. The van der Waals surface area contributed by atoms with Gasteiger partial charge in [0.05, 0.1) is 22.9 Å². The van der Waals surface area contributed by atoms with Crippen molar-refractivity contribution in [3.8, 4) is 6.07 Å². The predicted molar refractivity (Wildman–Crippen MR) is 121 cm³/mol. The fourth-order valence-electron chi connectivity index (χ4n) is 5.36. The quantitative estimate of drug-likeness (QED) is 0.601. The standard InChI is InChI=1S/C25H30N4O2/c1-16(2)18-4-6-19(7-5-18)28-11-9-20(10-12-28)29-23-8-3-17(15-26)13-21(23)22(25(29)31)14-24(27)30/h3,8,13-14,19-20H,4-7,9-12H2,1-2H3,(H2,27,30)/b22-14-. The summed E-state index contributed by atoms with van der Waals surface area (Å²) in [7, 11) is 0. The van der Waals surface area contributed by atoms with Gasteiger partial charge in [-0.3, -0.25) is 9.59 Å². The zero-order valence-electron chi connectivity index (χ0n) is 18.4. The third kappa shape index (κ3) is 4.15. The molecule has 0 bridgehead atoms. The minimum atomic E-state index is -0.652. The van der Waals surface area contributed by atoms with E-state index in [2.05, 4.69) is 24.8 Å². The largest absolute Gasteiger partial charge is 0.366 e. The molecule has 1 saturated carbocycles. The van der Waals surface area contributed by atoms with Crippen LogP contribution >= 0.6 is 0 Å². The van der Waals surface area contributed by atoms with Crippen LogP contribution in [0.5, 0.6) is 0 Å². The zero-order chi connectivity index (χ0) is 22.1. The smallest absolute Gasteiger partial charge is 0.259 e. The number of amides is 2. The van der Waals surface area contributed by atoms with E-state index in [4.69, 9.17) is 5.73 Å². The van der Waals surface area contributed by atoms with Gasteiger partial charge in [-0.25, -0.2) is 0 Å². The van der Waals surface area contributed by atoms with Crippen LogP contribution in [0.2, 0.25) is 0 Å². The maximum atomic E-state index is 13.2. The molecule has 6 heteroatoms. The molecule has 2 aliphatic heterocycles. The molecule has 1 aromatic carbocycles. The van der Waals surface area contributed by atoms with Gasteiger partial charge in [0.1, 0.15) is 0 Å². The summed E-state index contributed by atoms with van der Waals surface area (Å²) in [6, 6.07) is 8.06. The lowest BCUT2D eigenvalue weighted by atomic mass is 9.86. The van der Waals surface area contributed by atoms with Crippen molar-refractivity contribution >= 4 is 23.1 Å². The van der Waals surface area contributed by atoms with E-state index in [1.54, 1.807) is 17.7 Å². The number of likely N-dealkylation sites (tertiary alicyclic amines) is 1. The molecule has 0 radical (unpaired) electrons. The molecule has 1 aromatic rings. The second-order valence-electron chi connectivity index (χ2n) is 9.08. The van der Waals surface area contributed by atoms with Crippen molar-refractivity contribution in [3.63, 3.8) is 0 Å². The summed E-state index contributed by atoms with van der Waals surface area (Å²) in [5.74, 6) is -0.838. The molecule has 2 amide bonds. The molecule has 31 heavy (non-hydrogen) atoms. The van der Waals surface area contributed by atoms with E-state index in [-0.39, 0.29) is 11.9 Å². The highest BCUT2D eigenvalue weighted by atomic mass is 16.2. The Labute approximate surface area is 184 Å². The number of carbonyl (C=O) groups excluding carboxylic acids is 2. The van der Waals surface area contributed by atoms with E-state index in [1.165, 1.54) is 37.3 Å². The van der Waals surface area contributed by atoms with Gasteiger partial charge in [-0.15, -0.1) is 0 Å². The van der Waals surface area contributed by atoms with Gasteiger partial charge < -0.3 is 15.5 Å². The number of benzene rings is 1. The Morgan fingerprint density at radius 2 is 1.81 bits per heavy atom. The number of carbonyl (C=O) groups is 2. The number of rotatable bonds is 3. The van der Waals surface area contributed by atoms with Gasteiger partial charge in [0.15, 0.2) is 0 Å². The monoisotopic (exact) mass is 418 g/mol. The minimum Gasteiger partial charge on any atom is -0.366 e. The maximum Gasteiger partial charge on any atom is 0.259 e. The van der Waals surface area contributed by atoms with Crippen LogP contribution in [0.15, 0.2) is 35.4 Å². The van der Waals surface area contributed by atoms with E-state index in [0.717, 1.165) is 31.6 Å². The average molecular weight is 419 g/mol. The molecule has 4 rings (SSSR count). The second-order valence-corrected chi connectivity index (χ2v) is 9.08. The summed E-state index contributed by atoms with van der Waals surface area (Å²) in [5, 5.41) is 9.25. The Hall–Kier alpha value is -2.91. The maximum absolute atomic E-state index is 13.2. The third-order valence-electron chi connectivity index (χ3n) is 7.06. The summed E-state index contributed by atoms with van der Waals surface area (Å²) >= 11 is 0. The van der Waals surface area contributed by atoms with Gasteiger partial charge in [0.25, 0.3) is 5.91 Å². The highest BCUT2D eigenvalue weighted by molar-refractivity contribution is 6.35. The third-order valence-corrected chi connectivity index (χ3v) is 7.06. The van der Waals surface area contributed by atoms with Gasteiger partial charge in [-0.05, 0) is 70.6 Å². The molecule has 0 spiro atoms. The normalized spacial score (nSPS) is 23.7. The van der Waals surface area contributed by atoms with E-state index in [0.29, 0.717) is 22.7 Å². The molecule has 2 fully saturated rings. The summed E-state index contributed by atoms with van der Waals surface area (Å²) < 4.78 is 0. The lowest BCUT2D eigenvalue weighted by Crippen LogP contribution is -2.49. The van der Waals surface area contributed by atoms with Crippen molar-refractivity contribution in [1.29, 1.82) is 5.26 Å². The van der Waals surface area contributed by atoms with E-state index in [9.17, 15) is 14.9 Å². The molecular weight excluding hydrogens is 388 g/mol. The number of nitrogens with two attached hydrogens (primary N) is 1. The van der Waals surface area contributed by atoms with Gasteiger partial charge in [0, 0.05) is 36.8 Å². The van der Waals surface area contributed by atoms with Gasteiger partial charge in [-0.2, -0.15) is 5.26 Å². The summed E-state index contributed by atoms with van der Waals surface area (Å²) in [4.78, 5) is 29.2. The Kier molecular flexibility index (Phi) is 5.97. The first-order valence-corrected chi connectivity index (χ1v) is 11.2. The molecule has 0 unspecified atom stereocenters. The molecule has 6 nitrogen and oxygen atoms in total. The van der Waals surface area contributed by atoms with Crippen LogP contribution in [0, 0.1) is 11.3 Å². The average Bonchev–Trinajstić information content (AvgIpc) is 3.04.